The Morgan fingerprint density at radius 2 is 1.91 bits per heavy atom. The van der Waals surface area contributed by atoms with Gasteiger partial charge in [-0.15, -0.1) is 0 Å². The Hall–Kier alpha value is -1.96. The van der Waals surface area contributed by atoms with Gasteiger partial charge < -0.3 is 9.32 Å². The molecular formula is C16H12Cl2N2O2. The third kappa shape index (κ3) is 2.70. The molecule has 2 aromatic rings. The smallest absolute Gasteiger partial charge is 0.356 e. The van der Waals surface area contributed by atoms with E-state index in [1.54, 1.807) is 24.3 Å². The van der Waals surface area contributed by atoms with Crippen LogP contribution in [0.3, 0.4) is 0 Å². The monoisotopic (exact) mass is 334 g/mol. The highest BCUT2D eigenvalue weighted by Gasteiger charge is 2.21. The van der Waals surface area contributed by atoms with Crippen LogP contribution in [-0.4, -0.2) is 13.1 Å². The highest BCUT2D eigenvalue weighted by Crippen LogP contribution is 2.33. The van der Waals surface area contributed by atoms with Gasteiger partial charge in [-0.3, -0.25) is 0 Å². The summed E-state index contributed by atoms with van der Waals surface area (Å²) in [6, 6.07) is 8.61. The molecule has 0 aliphatic carbocycles. The molecule has 0 radical (unpaired) electrons. The molecule has 0 N–H and O–H groups in total. The first-order valence-electron chi connectivity index (χ1n) is 6.89. The summed E-state index contributed by atoms with van der Waals surface area (Å²) >= 11 is 12.1. The quantitative estimate of drug-likeness (QED) is 0.830. The summed E-state index contributed by atoms with van der Waals surface area (Å²) in [4.78, 5) is 14.1. The molecule has 2 heterocycles. The minimum absolute atomic E-state index is 0.0377. The second kappa shape index (κ2) is 6.04. The maximum atomic E-state index is 12.1. The zero-order valence-electron chi connectivity index (χ0n) is 11.6. The van der Waals surface area contributed by atoms with Crippen molar-refractivity contribution in [3.05, 3.63) is 50.3 Å². The van der Waals surface area contributed by atoms with Crippen LogP contribution in [0.25, 0.3) is 11.3 Å². The standard InChI is InChI=1S/C16H12Cl2N2O2/c17-10-3-4-11(13(18)7-10)15-8-14(20-5-1-2-6-20)12(9-19)16(21)22-15/h3-4,7-8H,1-2,5-6H2. The predicted molar refractivity (Wildman–Crippen MR) is 86.6 cm³/mol. The summed E-state index contributed by atoms with van der Waals surface area (Å²) in [5.74, 6) is 0.340. The van der Waals surface area contributed by atoms with Crippen molar-refractivity contribution in [3.8, 4) is 17.4 Å². The highest BCUT2D eigenvalue weighted by molar-refractivity contribution is 6.36. The Labute approximate surface area is 137 Å². The lowest BCUT2D eigenvalue weighted by Gasteiger charge is -2.19. The van der Waals surface area contributed by atoms with Crippen LogP contribution >= 0.6 is 23.2 Å². The molecule has 4 nitrogen and oxygen atoms in total. The van der Waals surface area contributed by atoms with Crippen molar-refractivity contribution < 1.29 is 4.42 Å². The molecule has 0 unspecified atom stereocenters. The molecule has 6 heteroatoms. The van der Waals surface area contributed by atoms with Crippen molar-refractivity contribution in [2.45, 2.75) is 12.8 Å². The van der Waals surface area contributed by atoms with Gasteiger partial charge in [0.1, 0.15) is 11.8 Å². The second-order valence-electron chi connectivity index (χ2n) is 5.09. The van der Waals surface area contributed by atoms with E-state index in [0.29, 0.717) is 27.1 Å². The average molecular weight is 335 g/mol. The first kappa shape index (κ1) is 15.0. The average Bonchev–Trinajstić information content (AvgIpc) is 3.00. The van der Waals surface area contributed by atoms with Crippen molar-refractivity contribution in [2.75, 3.05) is 18.0 Å². The number of hydrogen-bond acceptors (Lipinski definition) is 4. The van der Waals surface area contributed by atoms with Crippen molar-refractivity contribution in [1.29, 1.82) is 5.26 Å². The maximum Gasteiger partial charge on any atom is 0.356 e. The third-order valence-corrected chi connectivity index (χ3v) is 4.23. The molecule has 1 saturated heterocycles. The number of rotatable bonds is 2. The van der Waals surface area contributed by atoms with Crippen LogP contribution in [0.1, 0.15) is 18.4 Å². The Bertz CT molecular complexity index is 818. The molecule has 22 heavy (non-hydrogen) atoms. The highest BCUT2D eigenvalue weighted by atomic mass is 35.5. The fourth-order valence-electron chi connectivity index (χ4n) is 2.61. The molecule has 1 fully saturated rings. The molecule has 1 aromatic carbocycles. The SMILES string of the molecule is N#Cc1c(N2CCCC2)cc(-c2ccc(Cl)cc2Cl)oc1=O. The van der Waals surface area contributed by atoms with Crippen LogP contribution in [0, 0.1) is 11.3 Å². The summed E-state index contributed by atoms with van der Waals surface area (Å²) in [6.07, 6.45) is 2.09. The second-order valence-corrected chi connectivity index (χ2v) is 5.93. The molecular weight excluding hydrogens is 323 g/mol. The molecule has 0 bridgehead atoms. The number of anilines is 1. The van der Waals surface area contributed by atoms with Crippen LogP contribution in [0.4, 0.5) is 5.69 Å². The number of nitrogens with zero attached hydrogens (tertiary/aromatic N) is 2. The minimum Gasteiger partial charge on any atom is -0.422 e. The van der Waals surface area contributed by atoms with E-state index in [1.165, 1.54) is 0 Å². The van der Waals surface area contributed by atoms with Crippen molar-refractivity contribution in [2.24, 2.45) is 0 Å². The molecule has 3 rings (SSSR count). The zero-order valence-corrected chi connectivity index (χ0v) is 13.1. The normalized spacial score (nSPS) is 14.1. The Morgan fingerprint density at radius 1 is 1.18 bits per heavy atom. The first-order valence-corrected chi connectivity index (χ1v) is 7.64. The van der Waals surface area contributed by atoms with Gasteiger partial charge in [-0.2, -0.15) is 5.26 Å². The lowest BCUT2D eigenvalue weighted by molar-refractivity contribution is 0.523. The molecule has 0 saturated carbocycles. The van der Waals surface area contributed by atoms with E-state index in [9.17, 15) is 10.1 Å². The predicted octanol–water partition coefficient (Wildman–Crippen LogP) is 4.09. The minimum atomic E-state index is -0.645. The lowest BCUT2D eigenvalue weighted by Crippen LogP contribution is -2.22. The summed E-state index contributed by atoms with van der Waals surface area (Å²) in [6.45, 7) is 1.65. The van der Waals surface area contributed by atoms with E-state index < -0.39 is 5.63 Å². The van der Waals surface area contributed by atoms with Crippen LogP contribution < -0.4 is 10.5 Å². The van der Waals surface area contributed by atoms with E-state index in [-0.39, 0.29) is 5.56 Å². The van der Waals surface area contributed by atoms with Gasteiger partial charge in [0.15, 0.2) is 5.56 Å². The van der Waals surface area contributed by atoms with Gasteiger partial charge in [-0.05, 0) is 31.0 Å². The molecule has 0 atom stereocenters. The fourth-order valence-corrected chi connectivity index (χ4v) is 3.12. The molecule has 1 aliphatic heterocycles. The molecule has 1 aromatic heterocycles. The number of nitriles is 1. The Balaban J connectivity index is 2.17. The van der Waals surface area contributed by atoms with Crippen LogP contribution in [-0.2, 0) is 0 Å². The van der Waals surface area contributed by atoms with Gasteiger partial charge in [-0.25, -0.2) is 4.79 Å². The van der Waals surface area contributed by atoms with Crippen molar-refractivity contribution in [3.63, 3.8) is 0 Å². The Morgan fingerprint density at radius 3 is 2.55 bits per heavy atom. The third-order valence-electron chi connectivity index (χ3n) is 3.69. The van der Waals surface area contributed by atoms with Gasteiger partial charge >= 0.3 is 5.63 Å². The van der Waals surface area contributed by atoms with Crippen molar-refractivity contribution in [1.82, 2.24) is 0 Å². The van der Waals surface area contributed by atoms with Gasteiger partial charge in [0.2, 0.25) is 0 Å². The van der Waals surface area contributed by atoms with Gasteiger partial charge in [0.25, 0.3) is 0 Å². The Kier molecular flexibility index (Phi) is 4.10. The van der Waals surface area contributed by atoms with E-state index in [0.717, 1.165) is 25.9 Å². The van der Waals surface area contributed by atoms with Gasteiger partial charge in [-0.1, -0.05) is 23.2 Å². The summed E-state index contributed by atoms with van der Waals surface area (Å²) in [5.41, 5.74) is 0.578. The van der Waals surface area contributed by atoms with Crippen molar-refractivity contribution >= 4 is 28.9 Å². The summed E-state index contributed by atoms with van der Waals surface area (Å²) < 4.78 is 5.27. The number of halogens is 2. The van der Waals surface area contributed by atoms with E-state index in [2.05, 4.69) is 0 Å². The molecule has 0 spiro atoms. The number of benzene rings is 1. The number of hydrogen-bond donors (Lipinski definition) is 0. The summed E-state index contributed by atoms with van der Waals surface area (Å²) in [5, 5.41) is 10.1. The summed E-state index contributed by atoms with van der Waals surface area (Å²) in [7, 11) is 0. The first-order chi connectivity index (χ1) is 10.6. The molecule has 1 aliphatic rings. The van der Waals surface area contributed by atoms with Gasteiger partial charge in [0.05, 0.1) is 10.7 Å². The van der Waals surface area contributed by atoms with Gasteiger partial charge in [0, 0.05) is 29.7 Å². The fraction of sp³-hybridized carbons (Fsp3) is 0.250. The van der Waals surface area contributed by atoms with Crippen LogP contribution in [0.15, 0.2) is 33.5 Å². The molecule has 0 amide bonds. The lowest BCUT2D eigenvalue weighted by atomic mass is 10.1. The van der Waals surface area contributed by atoms with E-state index in [4.69, 9.17) is 27.6 Å². The largest absolute Gasteiger partial charge is 0.422 e. The van der Waals surface area contributed by atoms with E-state index >= 15 is 0 Å². The van der Waals surface area contributed by atoms with Crippen LogP contribution in [0.2, 0.25) is 10.0 Å². The zero-order chi connectivity index (χ0) is 15.7. The maximum absolute atomic E-state index is 12.1. The molecule has 112 valence electrons. The van der Waals surface area contributed by atoms with Crippen LogP contribution in [0.5, 0.6) is 0 Å². The van der Waals surface area contributed by atoms with E-state index in [1.807, 2.05) is 11.0 Å². The topological polar surface area (TPSA) is 57.2 Å².